The topological polar surface area (TPSA) is 75.6 Å². The molecule has 0 saturated carbocycles. The van der Waals surface area contributed by atoms with E-state index in [9.17, 15) is 4.79 Å². The third kappa shape index (κ3) is 3.10. The number of carbonyl (C=O) groups excluding carboxylic acids is 1. The van der Waals surface area contributed by atoms with Crippen molar-refractivity contribution in [3.8, 4) is 11.6 Å². The molecule has 8 heteroatoms. The Hall–Kier alpha value is -2.45. The quantitative estimate of drug-likeness (QED) is 0.723. The maximum absolute atomic E-state index is 12.3. The molecule has 0 radical (unpaired) electrons. The Morgan fingerprint density at radius 1 is 1.21 bits per heavy atom. The van der Waals surface area contributed by atoms with Gasteiger partial charge in [-0.15, -0.1) is 11.3 Å². The molecular formula is C16H16N4O3S. The van der Waals surface area contributed by atoms with Gasteiger partial charge in [-0.05, 0) is 23.6 Å². The van der Waals surface area contributed by atoms with Crippen molar-refractivity contribution in [3.63, 3.8) is 0 Å². The van der Waals surface area contributed by atoms with E-state index in [2.05, 4.69) is 15.0 Å². The predicted molar refractivity (Wildman–Crippen MR) is 87.5 cm³/mol. The smallest absolute Gasteiger partial charge is 0.264 e. The number of carbonyl (C=O) groups is 1. The number of hydrogen-bond acceptors (Lipinski definition) is 7. The van der Waals surface area contributed by atoms with Gasteiger partial charge in [0, 0.05) is 26.2 Å². The maximum atomic E-state index is 12.3. The summed E-state index contributed by atoms with van der Waals surface area (Å²) in [4.78, 5) is 21.6. The fourth-order valence-corrected chi connectivity index (χ4v) is 3.37. The number of nitrogens with zero attached hydrogens (tertiary/aromatic N) is 4. The van der Waals surface area contributed by atoms with Crippen LogP contribution >= 0.6 is 11.3 Å². The largest absolute Gasteiger partial charge is 0.461 e. The van der Waals surface area contributed by atoms with Gasteiger partial charge in [-0.3, -0.25) is 9.69 Å². The molecule has 3 aromatic rings. The molecule has 24 heavy (non-hydrogen) atoms. The van der Waals surface area contributed by atoms with E-state index < -0.39 is 0 Å². The lowest BCUT2D eigenvalue weighted by Crippen LogP contribution is -2.48. The highest BCUT2D eigenvalue weighted by Crippen LogP contribution is 2.18. The molecule has 4 heterocycles. The molecule has 0 aromatic carbocycles. The van der Waals surface area contributed by atoms with E-state index in [1.54, 1.807) is 18.4 Å². The van der Waals surface area contributed by atoms with E-state index in [0.717, 1.165) is 18.0 Å². The Morgan fingerprint density at radius 3 is 2.79 bits per heavy atom. The van der Waals surface area contributed by atoms with E-state index in [1.807, 2.05) is 22.4 Å². The number of thiophene rings is 1. The summed E-state index contributed by atoms with van der Waals surface area (Å²) in [5.41, 5.74) is 0. The lowest BCUT2D eigenvalue weighted by Gasteiger charge is -2.33. The second-order valence-electron chi connectivity index (χ2n) is 5.53. The molecule has 1 amide bonds. The van der Waals surface area contributed by atoms with Gasteiger partial charge in [0.1, 0.15) is 0 Å². The minimum Gasteiger partial charge on any atom is -0.461 e. The van der Waals surface area contributed by atoms with Crippen molar-refractivity contribution < 1.29 is 13.7 Å². The van der Waals surface area contributed by atoms with Gasteiger partial charge in [-0.25, -0.2) is 0 Å². The van der Waals surface area contributed by atoms with E-state index in [0.29, 0.717) is 37.1 Å². The predicted octanol–water partition coefficient (Wildman–Crippen LogP) is 2.35. The van der Waals surface area contributed by atoms with Gasteiger partial charge < -0.3 is 13.8 Å². The highest BCUT2D eigenvalue weighted by molar-refractivity contribution is 7.12. The Labute approximate surface area is 142 Å². The number of rotatable bonds is 4. The first-order chi connectivity index (χ1) is 11.8. The van der Waals surface area contributed by atoms with Crippen LogP contribution in [0.4, 0.5) is 0 Å². The average molecular weight is 344 g/mol. The maximum Gasteiger partial charge on any atom is 0.264 e. The summed E-state index contributed by atoms with van der Waals surface area (Å²) >= 11 is 1.48. The molecule has 3 aromatic heterocycles. The lowest BCUT2D eigenvalue weighted by molar-refractivity contribution is 0.0620. The average Bonchev–Trinajstić information content (AvgIpc) is 3.36. The summed E-state index contributed by atoms with van der Waals surface area (Å²) in [6, 6.07) is 7.35. The summed E-state index contributed by atoms with van der Waals surface area (Å²) in [6.45, 7) is 3.56. The van der Waals surface area contributed by atoms with Crippen molar-refractivity contribution in [2.24, 2.45) is 0 Å². The van der Waals surface area contributed by atoms with Crippen molar-refractivity contribution in [1.82, 2.24) is 19.9 Å². The van der Waals surface area contributed by atoms with Crippen LogP contribution in [0.5, 0.6) is 0 Å². The molecule has 1 saturated heterocycles. The van der Waals surface area contributed by atoms with Crippen molar-refractivity contribution in [2.45, 2.75) is 6.54 Å². The first kappa shape index (κ1) is 15.1. The second-order valence-corrected chi connectivity index (χ2v) is 6.48. The van der Waals surface area contributed by atoms with Gasteiger partial charge >= 0.3 is 0 Å². The summed E-state index contributed by atoms with van der Waals surface area (Å²) < 4.78 is 10.5. The van der Waals surface area contributed by atoms with Gasteiger partial charge in [0.2, 0.25) is 11.7 Å². The minimum atomic E-state index is 0.113. The van der Waals surface area contributed by atoms with Gasteiger partial charge in [-0.1, -0.05) is 11.2 Å². The lowest BCUT2D eigenvalue weighted by atomic mass is 10.3. The van der Waals surface area contributed by atoms with Crippen LogP contribution in [0.25, 0.3) is 11.6 Å². The van der Waals surface area contributed by atoms with E-state index in [4.69, 9.17) is 8.94 Å². The third-order valence-corrected chi connectivity index (χ3v) is 4.82. The van der Waals surface area contributed by atoms with Crippen LogP contribution in [0, 0.1) is 0 Å². The molecular weight excluding hydrogens is 328 g/mol. The molecule has 0 bridgehead atoms. The molecule has 7 nitrogen and oxygen atoms in total. The van der Waals surface area contributed by atoms with E-state index in [-0.39, 0.29) is 5.91 Å². The molecule has 0 atom stereocenters. The molecule has 4 rings (SSSR count). The molecule has 1 fully saturated rings. The normalized spacial score (nSPS) is 15.8. The number of furan rings is 1. The zero-order valence-corrected chi connectivity index (χ0v) is 13.7. The standard InChI is InChI=1S/C16H16N4O3S/c21-16(13-4-2-10-24-13)20-7-5-19(6-8-20)11-14-17-15(18-23-14)12-3-1-9-22-12/h1-4,9-10H,5-8,11H2. The van der Waals surface area contributed by atoms with Crippen LogP contribution in [0.1, 0.15) is 15.6 Å². The Morgan fingerprint density at radius 2 is 2.08 bits per heavy atom. The summed E-state index contributed by atoms with van der Waals surface area (Å²) in [6.07, 6.45) is 1.58. The molecule has 1 aliphatic heterocycles. The van der Waals surface area contributed by atoms with Crippen molar-refractivity contribution in [2.75, 3.05) is 26.2 Å². The van der Waals surface area contributed by atoms with Gasteiger partial charge in [0.25, 0.3) is 5.91 Å². The zero-order chi connectivity index (χ0) is 16.4. The van der Waals surface area contributed by atoms with Crippen LogP contribution in [0.15, 0.2) is 44.8 Å². The zero-order valence-electron chi connectivity index (χ0n) is 12.9. The van der Waals surface area contributed by atoms with Crippen molar-refractivity contribution >= 4 is 17.2 Å². The first-order valence-electron chi connectivity index (χ1n) is 7.71. The minimum absolute atomic E-state index is 0.113. The third-order valence-electron chi connectivity index (χ3n) is 3.96. The number of hydrogen-bond donors (Lipinski definition) is 0. The van der Waals surface area contributed by atoms with Gasteiger partial charge in [-0.2, -0.15) is 4.98 Å². The fraction of sp³-hybridized carbons (Fsp3) is 0.312. The number of amides is 1. The van der Waals surface area contributed by atoms with E-state index >= 15 is 0 Å². The summed E-state index contributed by atoms with van der Waals surface area (Å²) in [7, 11) is 0. The molecule has 0 unspecified atom stereocenters. The molecule has 1 aliphatic rings. The molecule has 0 aliphatic carbocycles. The van der Waals surface area contributed by atoms with E-state index in [1.165, 1.54) is 11.3 Å². The highest BCUT2D eigenvalue weighted by atomic mass is 32.1. The Balaban J connectivity index is 1.33. The van der Waals surface area contributed by atoms with Gasteiger partial charge in [0.05, 0.1) is 17.7 Å². The molecule has 124 valence electrons. The monoisotopic (exact) mass is 344 g/mol. The van der Waals surface area contributed by atoms with Crippen LogP contribution in [-0.2, 0) is 6.54 Å². The molecule has 0 spiro atoms. The Kier molecular flexibility index (Phi) is 4.14. The molecule has 0 N–H and O–H groups in total. The van der Waals surface area contributed by atoms with Crippen molar-refractivity contribution in [1.29, 1.82) is 0 Å². The summed E-state index contributed by atoms with van der Waals surface area (Å²) in [5.74, 6) is 1.72. The van der Waals surface area contributed by atoms with Crippen LogP contribution in [-0.4, -0.2) is 52.0 Å². The SMILES string of the molecule is O=C(c1cccs1)N1CCN(Cc2nc(-c3ccco3)no2)CC1. The van der Waals surface area contributed by atoms with Crippen molar-refractivity contribution in [3.05, 3.63) is 46.7 Å². The first-order valence-corrected chi connectivity index (χ1v) is 8.59. The highest BCUT2D eigenvalue weighted by Gasteiger charge is 2.24. The van der Waals surface area contributed by atoms with Crippen LogP contribution < -0.4 is 0 Å². The summed E-state index contributed by atoms with van der Waals surface area (Å²) in [5, 5.41) is 5.86. The second kappa shape index (κ2) is 6.58. The number of piperazine rings is 1. The van der Waals surface area contributed by atoms with Gasteiger partial charge in [0.15, 0.2) is 5.76 Å². The van der Waals surface area contributed by atoms with Crippen LogP contribution in [0.2, 0.25) is 0 Å². The van der Waals surface area contributed by atoms with Crippen LogP contribution in [0.3, 0.4) is 0 Å². The number of aromatic nitrogens is 2. The Bertz CT molecular complexity index is 789. The fourth-order valence-electron chi connectivity index (χ4n) is 2.68.